The first kappa shape index (κ1) is 6.05. The Bertz CT molecular complexity index is 74.6. The van der Waals surface area contributed by atoms with Gasteiger partial charge in [0.05, 0.1) is 0 Å². The van der Waals surface area contributed by atoms with Crippen molar-refractivity contribution in [3.8, 4) is 0 Å². The second-order valence-corrected chi connectivity index (χ2v) is 2.64. The predicted molar refractivity (Wildman–Crippen MR) is 34.7 cm³/mol. The average Bonchev–Trinajstić information content (AvgIpc) is 2.17. The highest BCUT2D eigenvalue weighted by molar-refractivity contribution is 4.90. The number of rotatable bonds is 1. The Labute approximate surface area is 50.4 Å². The normalized spacial score (nSPS) is 38.2. The molecule has 1 aliphatic rings. The van der Waals surface area contributed by atoms with Gasteiger partial charge in [-0.25, -0.2) is 0 Å². The first-order valence-corrected chi connectivity index (χ1v) is 3.26. The Balaban J connectivity index is 2.40. The summed E-state index contributed by atoms with van der Waals surface area (Å²) in [5, 5.41) is 3.24. The lowest BCUT2D eigenvalue weighted by Crippen LogP contribution is -2.40. The fraction of sp³-hybridized carbons (Fsp3) is 1.00. The van der Waals surface area contributed by atoms with Crippen LogP contribution in [0.4, 0.5) is 0 Å². The van der Waals surface area contributed by atoms with Crippen LogP contribution >= 0.6 is 0 Å². The highest BCUT2D eigenvalue weighted by atomic mass is 15.0. The van der Waals surface area contributed by atoms with Gasteiger partial charge in [0.15, 0.2) is 0 Å². The summed E-state index contributed by atoms with van der Waals surface area (Å²) in [7, 11) is 0. The molecule has 0 amide bonds. The number of hydrogen-bond donors (Lipinski definition) is 2. The summed E-state index contributed by atoms with van der Waals surface area (Å²) in [5.41, 5.74) is 6.02. The molecule has 0 bridgehead atoms. The van der Waals surface area contributed by atoms with Crippen LogP contribution in [0.25, 0.3) is 0 Å². The molecule has 0 radical (unpaired) electrons. The maximum atomic E-state index is 5.90. The zero-order chi connectivity index (χ0) is 6.04. The second-order valence-electron chi connectivity index (χ2n) is 2.64. The SMILES string of the molecule is CC[C@]1(N)CCNC1. The molecule has 0 aromatic heterocycles. The molecule has 48 valence electrons. The molecule has 0 aliphatic carbocycles. The zero-order valence-corrected chi connectivity index (χ0v) is 5.41. The third-order valence-electron chi connectivity index (χ3n) is 1.98. The van der Waals surface area contributed by atoms with E-state index >= 15 is 0 Å². The highest BCUT2D eigenvalue weighted by Gasteiger charge is 2.26. The maximum Gasteiger partial charge on any atom is 0.0290 e. The van der Waals surface area contributed by atoms with E-state index in [0.29, 0.717) is 0 Å². The number of hydrogen-bond acceptors (Lipinski definition) is 2. The molecular formula is C6H14N2. The predicted octanol–water partition coefficient (Wildman–Crippen LogP) is 0.0872. The first-order chi connectivity index (χ1) is 3.77. The molecule has 1 atom stereocenters. The van der Waals surface area contributed by atoms with Gasteiger partial charge in [0.25, 0.3) is 0 Å². The van der Waals surface area contributed by atoms with Gasteiger partial charge in [0, 0.05) is 12.1 Å². The smallest absolute Gasteiger partial charge is 0.0290 e. The van der Waals surface area contributed by atoms with E-state index in [4.69, 9.17) is 5.73 Å². The van der Waals surface area contributed by atoms with Crippen molar-refractivity contribution >= 4 is 0 Å². The van der Waals surface area contributed by atoms with Crippen LogP contribution in [0.2, 0.25) is 0 Å². The van der Waals surface area contributed by atoms with Crippen molar-refractivity contribution in [1.29, 1.82) is 0 Å². The van der Waals surface area contributed by atoms with E-state index in [9.17, 15) is 0 Å². The van der Waals surface area contributed by atoms with Crippen LogP contribution in [-0.2, 0) is 0 Å². The van der Waals surface area contributed by atoms with Gasteiger partial charge in [-0.15, -0.1) is 0 Å². The maximum absolute atomic E-state index is 5.90. The van der Waals surface area contributed by atoms with Crippen LogP contribution in [0.1, 0.15) is 19.8 Å². The largest absolute Gasteiger partial charge is 0.324 e. The molecule has 0 aromatic carbocycles. The van der Waals surface area contributed by atoms with E-state index in [1.165, 1.54) is 0 Å². The van der Waals surface area contributed by atoms with E-state index in [0.717, 1.165) is 25.9 Å². The van der Waals surface area contributed by atoms with Crippen molar-refractivity contribution in [3.63, 3.8) is 0 Å². The van der Waals surface area contributed by atoms with Gasteiger partial charge >= 0.3 is 0 Å². The minimum Gasteiger partial charge on any atom is -0.324 e. The third kappa shape index (κ3) is 1.01. The average molecular weight is 114 g/mol. The summed E-state index contributed by atoms with van der Waals surface area (Å²) in [6, 6.07) is 0. The Kier molecular flexibility index (Phi) is 1.54. The molecule has 1 saturated heterocycles. The minimum absolute atomic E-state index is 0.125. The van der Waals surface area contributed by atoms with Crippen molar-refractivity contribution < 1.29 is 0 Å². The van der Waals surface area contributed by atoms with Gasteiger partial charge in [0.1, 0.15) is 0 Å². The Morgan fingerprint density at radius 1 is 1.75 bits per heavy atom. The van der Waals surface area contributed by atoms with Gasteiger partial charge in [-0.3, -0.25) is 0 Å². The molecule has 0 spiro atoms. The molecular weight excluding hydrogens is 100 g/mol. The minimum atomic E-state index is 0.125. The van der Waals surface area contributed by atoms with E-state index in [2.05, 4.69) is 12.2 Å². The van der Waals surface area contributed by atoms with Crippen LogP contribution < -0.4 is 11.1 Å². The first-order valence-electron chi connectivity index (χ1n) is 3.26. The van der Waals surface area contributed by atoms with E-state index in [1.54, 1.807) is 0 Å². The number of nitrogens with two attached hydrogens (primary N) is 1. The van der Waals surface area contributed by atoms with Crippen molar-refractivity contribution in [2.45, 2.75) is 25.3 Å². The Morgan fingerprint density at radius 3 is 2.75 bits per heavy atom. The Hall–Kier alpha value is -0.0800. The van der Waals surface area contributed by atoms with Gasteiger partial charge < -0.3 is 11.1 Å². The molecule has 1 fully saturated rings. The van der Waals surface area contributed by atoms with Crippen molar-refractivity contribution in [2.24, 2.45) is 5.73 Å². The van der Waals surface area contributed by atoms with Crippen LogP contribution in [0.5, 0.6) is 0 Å². The lowest BCUT2D eigenvalue weighted by atomic mass is 9.97. The molecule has 0 unspecified atom stereocenters. The highest BCUT2D eigenvalue weighted by Crippen LogP contribution is 2.13. The van der Waals surface area contributed by atoms with Crippen molar-refractivity contribution in [3.05, 3.63) is 0 Å². The summed E-state index contributed by atoms with van der Waals surface area (Å²) in [6.07, 6.45) is 2.24. The third-order valence-corrected chi connectivity index (χ3v) is 1.98. The molecule has 2 nitrogen and oxygen atoms in total. The standard InChI is InChI=1S/C6H14N2/c1-2-6(7)3-4-8-5-6/h8H,2-5,7H2,1H3/t6-/m0/s1. The van der Waals surface area contributed by atoms with Crippen LogP contribution in [0, 0.1) is 0 Å². The fourth-order valence-corrected chi connectivity index (χ4v) is 1.06. The topological polar surface area (TPSA) is 38.0 Å². The molecule has 0 saturated carbocycles. The fourth-order valence-electron chi connectivity index (χ4n) is 1.06. The van der Waals surface area contributed by atoms with Crippen LogP contribution in [-0.4, -0.2) is 18.6 Å². The summed E-state index contributed by atoms with van der Waals surface area (Å²) in [5.74, 6) is 0. The zero-order valence-electron chi connectivity index (χ0n) is 5.41. The van der Waals surface area contributed by atoms with Crippen molar-refractivity contribution in [1.82, 2.24) is 5.32 Å². The van der Waals surface area contributed by atoms with Gasteiger partial charge in [-0.05, 0) is 19.4 Å². The summed E-state index contributed by atoms with van der Waals surface area (Å²) >= 11 is 0. The van der Waals surface area contributed by atoms with Crippen LogP contribution in [0.3, 0.4) is 0 Å². The molecule has 2 heteroatoms. The van der Waals surface area contributed by atoms with Gasteiger partial charge in [0.2, 0.25) is 0 Å². The molecule has 3 N–H and O–H groups in total. The molecule has 1 aliphatic heterocycles. The summed E-state index contributed by atoms with van der Waals surface area (Å²) in [6.45, 7) is 4.25. The van der Waals surface area contributed by atoms with Crippen LogP contribution in [0.15, 0.2) is 0 Å². The van der Waals surface area contributed by atoms with Crippen molar-refractivity contribution in [2.75, 3.05) is 13.1 Å². The lowest BCUT2D eigenvalue weighted by molar-refractivity contribution is 0.452. The molecule has 8 heavy (non-hydrogen) atoms. The summed E-state index contributed by atoms with van der Waals surface area (Å²) in [4.78, 5) is 0. The van der Waals surface area contributed by atoms with Gasteiger partial charge in [-0.1, -0.05) is 6.92 Å². The summed E-state index contributed by atoms with van der Waals surface area (Å²) < 4.78 is 0. The van der Waals surface area contributed by atoms with E-state index < -0.39 is 0 Å². The quantitative estimate of drug-likeness (QED) is 0.507. The van der Waals surface area contributed by atoms with E-state index in [-0.39, 0.29) is 5.54 Å². The van der Waals surface area contributed by atoms with E-state index in [1.807, 2.05) is 0 Å². The second kappa shape index (κ2) is 2.03. The Morgan fingerprint density at radius 2 is 2.50 bits per heavy atom. The molecule has 1 heterocycles. The van der Waals surface area contributed by atoms with Gasteiger partial charge in [-0.2, -0.15) is 0 Å². The lowest BCUT2D eigenvalue weighted by Gasteiger charge is -2.18. The number of nitrogens with one attached hydrogen (secondary N) is 1. The molecule has 0 aromatic rings. The monoisotopic (exact) mass is 114 g/mol. The molecule has 1 rings (SSSR count).